The van der Waals surface area contributed by atoms with Gasteiger partial charge in [-0.1, -0.05) is 60.8 Å². The molecule has 0 saturated heterocycles. The van der Waals surface area contributed by atoms with E-state index in [4.69, 9.17) is 27.7 Å². The lowest BCUT2D eigenvalue weighted by Gasteiger charge is -2.26. The van der Waals surface area contributed by atoms with Crippen LogP contribution in [0.25, 0.3) is 17.0 Å². The lowest BCUT2D eigenvalue weighted by Crippen LogP contribution is -2.23. The Hall–Kier alpha value is -3.08. The second kappa shape index (κ2) is 12.6. The van der Waals surface area contributed by atoms with Crippen LogP contribution < -0.4 is 5.32 Å². The average molecular weight is 571 g/mol. The Kier molecular flexibility index (Phi) is 9.81. The Bertz CT molecular complexity index is 1300. The Morgan fingerprint density at radius 3 is 2.63 bits per heavy atom. The van der Waals surface area contributed by atoms with Gasteiger partial charge in [0.15, 0.2) is 0 Å². The topological polar surface area (TPSA) is 91.5 Å². The summed E-state index contributed by atoms with van der Waals surface area (Å²) in [4.78, 5) is 16.9. The van der Waals surface area contributed by atoms with E-state index in [1.165, 1.54) is 11.1 Å². The highest BCUT2D eigenvalue weighted by atomic mass is 35.5. The van der Waals surface area contributed by atoms with E-state index in [0.29, 0.717) is 40.4 Å². The van der Waals surface area contributed by atoms with Crippen molar-refractivity contribution >= 4 is 34.7 Å². The summed E-state index contributed by atoms with van der Waals surface area (Å²) in [6.07, 6.45) is 1.78. The molecule has 2 heterocycles. The number of unbranched alkanes of at least 4 members (excludes halogenated alkanes) is 1. The molecular weight excluding hydrogens is 544 g/mol. The molecule has 0 amide bonds. The monoisotopic (exact) mass is 570 g/mol. The molecule has 38 heavy (non-hydrogen) atoms. The summed E-state index contributed by atoms with van der Waals surface area (Å²) in [6.45, 7) is 6.02. The number of carboxylic acid groups (broad SMARTS) is 1. The van der Waals surface area contributed by atoms with E-state index in [-0.39, 0.29) is 23.2 Å². The van der Waals surface area contributed by atoms with Gasteiger partial charge in [0.2, 0.25) is 5.82 Å². The standard InChI is InChI=1S/C26H27Cl2F3N4O3/c1-4-6-7-22-20(28)11-17(26(29,30)31)14-35(22)13-15(3)25-33-24(34-38-25)18-9-8-16(10-19(18)27)21(32-5-2)12-23(36)37/h7-11,13-14,21,32H,4-6,12H2,1-3H3,(H,36,37). The molecule has 1 atom stereocenters. The lowest BCUT2D eigenvalue weighted by atomic mass is 10.0. The molecule has 12 heteroatoms. The first-order valence-electron chi connectivity index (χ1n) is 11.9. The van der Waals surface area contributed by atoms with E-state index in [0.717, 1.165) is 18.7 Å². The number of aromatic nitrogens is 2. The zero-order valence-electron chi connectivity index (χ0n) is 20.9. The SMILES string of the molecule is CCCC=C1C(Cl)=CC(C(F)(F)F)=CN1C=C(C)c1nc(-c2ccc(C(CC(=O)O)NCC)cc2Cl)no1. The number of allylic oxidation sites excluding steroid dienone is 5. The zero-order chi connectivity index (χ0) is 28.0. The van der Waals surface area contributed by atoms with Gasteiger partial charge in [-0.2, -0.15) is 18.2 Å². The maximum atomic E-state index is 13.4. The third-order valence-electron chi connectivity index (χ3n) is 5.60. The summed E-state index contributed by atoms with van der Waals surface area (Å²) in [5.41, 5.74) is 1.07. The van der Waals surface area contributed by atoms with Crippen molar-refractivity contribution in [3.8, 4) is 11.4 Å². The number of halogens is 5. The third-order valence-corrected chi connectivity index (χ3v) is 6.21. The summed E-state index contributed by atoms with van der Waals surface area (Å²) >= 11 is 12.7. The van der Waals surface area contributed by atoms with E-state index in [1.807, 2.05) is 13.8 Å². The van der Waals surface area contributed by atoms with Crippen molar-refractivity contribution in [1.82, 2.24) is 20.4 Å². The highest BCUT2D eigenvalue weighted by Crippen LogP contribution is 2.37. The fourth-order valence-corrected chi connectivity index (χ4v) is 4.32. The molecule has 1 unspecified atom stereocenters. The van der Waals surface area contributed by atoms with Crippen LogP contribution in [-0.2, 0) is 4.79 Å². The van der Waals surface area contributed by atoms with Gasteiger partial charge in [-0.3, -0.25) is 4.79 Å². The number of rotatable bonds is 10. The molecule has 0 saturated carbocycles. The average Bonchev–Trinajstić information content (AvgIpc) is 3.32. The van der Waals surface area contributed by atoms with Gasteiger partial charge < -0.3 is 19.8 Å². The van der Waals surface area contributed by atoms with Gasteiger partial charge in [-0.05, 0) is 43.7 Å². The summed E-state index contributed by atoms with van der Waals surface area (Å²) in [5, 5.41) is 16.5. The highest BCUT2D eigenvalue weighted by Gasteiger charge is 2.35. The van der Waals surface area contributed by atoms with Crippen LogP contribution in [0.5, 0.6) is 0 Å². The van der Waals surface area contributed by atoms with Crippen LogP contribution >= 0.6 is 23.2 Å². The van der Waals surface area contributed by atoms with Crippen molar-refractivity contribution in [2.24, 2.45) is 0 Å². The molecule has 1 aromatic carbocycles. The number of hydrogen-bond acceptors (Lipinski definition) is 6. The first-order valence-corrected chi connectivity index (χ1v) is 12.6. The second-order valence-corrected chi connectivity index (χ2v) is 9.36. The van der Waals surface area contributed by atoms with Crippen molar-refractivity contribution in [3.63, 3.8) is 0 Å². The third kappa shape index (κ3) is 7.27. The normalized spacial score (nSPS) is 16.5. The minimum absolute atomic E-state index is 0.0332. The molecule has 2 aromatic rings. The molecule has 204 valence electrons. The van der Waals surface area contributed by atoms with E-state index >= 15 is 0 Å². The summed E-state index contributed by atoms with van der Waals surface area (Å²) in [6, 6.07) is 4.61. The first-order chi connectivity index (χ1) is 17.9. The van der Waals surface area contributed by atoms with Crippen LogP contribution in [0.4, 0.5) is 13.2 Å². The van der Waals surface area contributed by atoms with Crippen molar-refractivity contribution in [1.29, 1.82) is 0 Å². The Morgan fingerprint density at radius 1 is 1.29 bits per heavy atom. The van der Waals surface area contributed by atoms with E-state index < -0.39 is 23.8 Å². The van der Waals surface area contributed by atoms with Gasteiger partial charge in [0.05, 0.1) is 27.7 Å². The molecule has 0 aliphatic carbocycles. The summed E-state index contributed by atoms with van der Waals surface area (Å²) in [5.74, 6) is -0.692. The fourth-order valence-electron chi connectivity index (χ4n) is 3.75. The Morgan fingerprint density at radius 2 is 2.03 bits per heavy atom. The van der Waals surface area contributed by atoms with Crippen molar-refractivity contribution in [2.45, 2.75) is 52.3 Å². The number of benzene rings is 1. The minimum atomic E-state index is -4.58. The van der Waals surface area contributed by atoms with Gasteiger partial charge >= 0.3 is 12.1 Å². The molecule has 7 nitrogen and oxygen atoms in total. The largest absolute Gasteiger partial charge is 0.481 e. The zero-order valence-corrected chi connectivity index (χ0v) is 22.5. The van der Waals surface area contributed by atoms with Crippen molar-refractivity contribution < 1.29 is 27.6 Å². The summed E-state index contributed by atoms with van der Waals surface area (Å²) < 4.78 is 45.6. The van der Waals surface area contributed by atoms with Gasteiger partial charge in [0.25, 0.3) is 5.89 Å². The maximum absolute atomic E-state index is 13.4. The minimum Gasteiger partial charge on any atom is -0.481 e. The van der Waals surface area contributed by atoms with Crippen molar-refractivity contribution in [3.05, 3.63) is 75.5 Å². The number of aliphatic carboxylic acids is 1. The second-order valence-electron chi connectivity index (χ2n) is 8.54. The van der Waals surface area contributed by atoms with Crippen LogP contribution in [0.2, 0.25) is 5.02 Å². The van der Waals surface area contributed by atoms with Gasteiger partial charge in [-0.15, -0.1) is 0 Å². The smallest absolute Gasteiger partial charge is 0.417 e. The van der Waals surface area contributed by atoms with E-state index in [9.17, 15) is 23.1 Å². The fraction of sp³-hybridized carbons (Fsp3) is 0.346. The molecule has 2 N–H and O–H groups in total. The molecule has 0 spiro atoms. The first kappa shape index (κ1) is 29.5. The predicted molar refractivity (Wildman–Crippen MR) is 140 cm³/mol. The van der Waals surface area contributed by atoms with Gasteiger partial charge in [0, 0.05) is 29.6 Å². The molecule has 1 aromatic heterocycles. The van der Waals surface area contributed by atoms with Crippen LogP contribution in [0.1, 0.15) is 57.5 Å². The summed E-state index contributed by atoms with van der Waals surface area (Å²) in [7, 11) is 0. The highest BCUT2D eigenvalue weighted by molar-refractivity contribution is 6.33. The Balaban J connectivity index is 1.91. The number of nitrogens with zero attached hydrogens (tertiary/aromatic N) is 3. The molecule has 0 bridgehead atoms. The number of carbonyl (C=O) groups is 1. The van der Waals surface area contributed by atoms with E-state index in [2.05, 4.69) is 15.5 Å². The van der Waals surface area contributed by atoms with Crippen molar-refractivity contribution in [2.75, 3.05) is 6.54 Å². The molecule has 1 aliphatic heterocycles. The van der Waals surface area contributed by atoms with E-state index in [1.54, 1.807) is 31.2 Å². The van der Waals surface area contributed by atoms with Gasteiger partial charge in [-0.25, -0.2) is 0 Å². The maximum Gasteiger partial charge on any atom is 0.417 e. The molecule has 0 radical (unpaired) electrons. The number of alkyl halides is 3. The molecule has 1 aliphatic rings. The van der Waals surface area contributed by atoms with Gasteiger partial charge in [0.1, 0.15) is 0 Å². The quantitative estimate of drug-likeness (QED) is 0.306. The molecular formula is C26H27Cl2F3N4O3. The van der Waals surface area contributed by atoms with Crippen LogP contribution in [-0.4, -0.2) is 38.8 Å². The molecule has 0 fully saturated rings. The number of hydrogen-bond donors (Lipinski definition) is 2. The van der Waals surface area contributed by atoms with Crippen LogP contribution in [0.15, 0.2) is 63.6 Å². The van der Waals surface area contributed by atoms with Crippen LogP contribution in [0, 0.1) is 0 Å². The Labute approximate surface area is 228 Å². The number of carboxylic acids is 1. The predicted octanol–water partition coefficient (Wildman–Crippen LogP) is 7.44. The lowest BCUT2D eigenvalue weighted by molar-refractivity contribution is -0.137. The molecule has 3 rings (SSSR count). The van der Waals surface area contributed by atoms with Crippen LogP contribution in [0.3, 0.4) is 0 Å². The number of nitrogens with one attached hydrogen (secondary N) is 1.